The topological polar surface area (TPSA) is 90.9 Å². The van der Waals surface area contributed by atoms with Gasteiger partial charge in [0.25, 0.3) is 11.6 Å². The Morgan fingerprint density at radius 1 is 1.20 bits per heavy atom. The normalized spacial score (nSPS) is 10.6. The average molecular weight is 354 g/mol. The number of hydrogen-bond donors (Lipinski definition) is 0. The summed E-state index contributed by atoms with van der Waals surface area (Å²) in [5.41, 5.74) is 1.72. The molecule has 25 heavy (non-hydrogen) atoms. The zero-order chi connectivity index (χ0) is 18.0. The van der Waals surface area contributed by atoms with Crippen LogP contribution in [0.4, 0.5) is 5.69 Å². The molecule has 3 aromatic rings. The first-order chi connectivity index (χ1) is 12.0. The van der Waals surface area contributed by atoms with Gasteiger partial charge in [-0.05, 0) is 32.0 Å². The van der Waals surface area contributed by atoms with E-state index in [1.54, 1.807) is 50.4 Å². The van der Waals surface area contributed by atoms with Crippen molar-refractivity contribution in [3.8, 4) is 0 Å². The number of aromatic nitrogens is 3. The summed E-state index contributed by atoms with van der Waals surface area (Å²) in [6, 6.07) is 9.85. The molecule has 0 fully saturated rings. The second kappa shape index (κ2) is 6.86. The number of rotatable bonds is 4. The first-order valence-electron chi connectivity index (χ1n) is 7.41. The van der Waals surface area contributed by atoms with Crippen LogP contribution in [-0.4, -0.2) is 25.6 Å². The van der Waals surface area contributed by atoms with Gasteiger partial charge in [0.1, 0.15) is 0 Å². The molecule has 0 aliphatic heterocycles. The quantitative estimate of drug-likeness (QED) is 0.525. The molecule has 0 bridgehead atoms. The van der Waals surface area contributed by atoms with Gasteiger partial charge >= 0.3 is 0 Å². The van der Waals surface area contributed by atoms with Gasteiger partial charge in [0.15, 0.2) is 0 Å². The van der Waals surface area contributed by atoms with Crippen LogP contribution in [0.5, 0.6) is 0 Å². The Bertz CT molecular complexity index is 954. The number of nitro groups is 1. The molecule has 7 nitrogen and oxygen atoms in total. The zero-order valence-corrected chi connectivity index (χ0v) is 14.4. The van der Waals surface area contributed by atoms with Crippen LogP contribution < -0.4 is 0 Å². The van der Waals surface area contributed by atoms with Crippen LogP contribution >= 0.6 is 11.8 Å². The Balaban J connectivity index is 1.99. The Kier molecular flexibility index (Phi) is 4.62. The van der Waals surface area contributed by atoms with Crippen LogP contribution in [0.25, 0.3) is 0 Å². The lowest BCUT2D eigenvalue weighted by atomic mass is 10.2. The molecule has 0 amide bonds. The second-order valence-electron chi connectivity index (χ2n) is 5.29. The summed E-state index contributed by atoms with van der Waals surface area (Å²) in [6.07, 6.45) is 3.07. The predicted octanol–water partition coefficient (Wildman–Crippen LogP) is 3.64. The van der Waals surface area contributed by atoms with Crippen LogP contribution in [0.1, 0.15) is 21.7 Å². The standard InChI is InChI=1S/C17H14N4O3S/c1-11-16(25-15-8-4-3-7-14(15)21(23)24)12(2)20(19-11)17(22)13-6-5-9-18-10-13/h3-10H,1-2H3. The van der Waals surface area contributed by atoms with Crippen molar-refractivity contribution in [1.29, 1.82) is 0 Å². The second-order valence-corrected chi connectivity index (χ2v) is 6.34. The van der Waals surface area contributed by atoms with E-state index in [-0.39, 0.29) is 11.6 Å². The van der Waals surface area contributed by atoms with Gasteiger partial charge in [-0.3, -0.25) is 19.9 Å². The first-order valence-corrected chi connectivity index (χ1v) is 8.23. The van der Waals surface area contributed by atoms with E-state index in [9.17, 15) is 14.9 Å². The van der Waals surface area contributed by atoms with Crippen molar-refractivity contribution in [2.75, 3.05) is 0 Å². The molecule has 0 unspecified atom stereocenters. The van der Waals surface area contributed by atoms with Gasteiger partial charge in [-0.15, -0.1) is 0 Å². The molecule has 0 spiro atoms. The molecule has 0 aliphatic carbocycles. The lowest BCUT2D eigenvalue weighted by Gasteiger charge is -2.05. The highest BCUT2D eigenvalue weighted by atomic mass is 32.2. The number of hydrogen-bond acceptors (Lipinski definition) is 6. The summed E-state index contributed by atoms with van der Waals surface area (Å²) in [7, 11) is 0. The molecule has 0 radical (unpaired) electrons. The number of aryl methyl sites for hydroxylation is 1. The molecule has 126 valence electrons. The minimum atomic E-state index is -0.418. The summed E-state index contributed by atoms with van der Waals surface area (Å²) < 4.78 is 1.31. The molecule has 0 aliphatic rings. The zero-order valence-electron chi connectivity index (χ0n) is 13.5. The van der Waals surface area contributed by atoms with Crippen molar-refractivity contribution in [1.82, 2.24) is 14.8 Å². The highest BCUT2D eigenvalue weighted by molar-refractivity contribution is 7.99. The molecule has 2 heterocycles. The molecular formula is C17H14N4O3S. The number of para-hydroxylation sites is 1. The third-order valence-corrected chi connectivity index (χ3v) is 4.96. The fourth-order valence-electron chi connectivity index (χ4n) is 2.39. The van der Waals surface area contributed by atoms with Crippen LogP contribution in [0.15, 0.2) is 58.6 Å². The van der Waals surface area contributed by atoms with Crippen LogP contribution in [0.3, 0.4) is 0 Å². The lowest BCUT2D eigenvalue weighted by Crippen LogP contribution is -2.15. The van der Waals surface area contributed by atoms with Gasteiger partial charge in [-0.1, -0.05) is 23.9 Å². The van der Waals surface area contributed by atoms with Gasteiger partial charge in [-0.25, -0.2) is 0 Å². The maximum absolute atomic E-state index is 12.6. The monoisotopic (exact) mass is 354 g/mol. The van der Waals surface area contributed by atoms with Gasteiger partial charge in [0.2, 0.25) is 0 Å². The lowest BCUT2D eigenvalue weighted by molar-refractivity contribution is -0.387. The van der Waals surface area contributed by atoms with E-state index in [4.69, 9.17) is 0 Å². The maximum Gasteiger partial charge on any atom is 0.283 e. The largest absolute Gasteiger partial charge is 0.283 e. The van der Waals surface area contributed by atoms with Crippen molar-refractivity contribution in [2.24, 2.45) is 0 Å². The Labute approximate surface area is 147 Å². The van der Waals surface area contributed by atoms with E-state index >= 15 is 0 Å². The predicted molar refractivity (Wildman–Crippen MR) is 92.9 cm³/mol. The number of carbonyl (C=O) groups excluding carboxylic acids is 1. The van der Waals surface area contributed by atoms with Gasteiger partial charge in [0, 0.05) is 18.5 Å². The van der Waals surface area contributed by atoms with Crippen molar-refractivity contribution >= 4 is 23.4 Å². The summed E-state index contributed by atoms with van der Waals surface area (Å²) in [4.78, 5) is 28.6. The fraction of sp³-hybridized carbons (Fsp3) is 0.118. The Morgan fingerprint density at radius 3 is 2.64 bits per heavy atom. The molecule has 0 atom stereocenters. The molecule has 3 rings (SSSR count). The van der Waals surface area contributed by atoms with Crippen LogP contribution in [0, 0.1) is 24.0 Å². The maximum atomic E-state index is 12.6. The minimum absolute atomic E-state index is 0.0256. The molecule has 0 saturated heterocycles. The highest BCUT2D eigenvalue weighted by Crippen LogP contribution is 2.37. The first kappa shape index (κ1) is 16.8. The van der Waals surface area contributed by atoms with Crippen molar-refractivity contribution in [2.45, 2.75) is 23.6 Å². The number of nitrogens with zero attached hydrogens (tertiary/aromatic N) is 4. The summed E-state index contributed by atoms with van der Waals surface area (Å²) in [6.45, 7) is 3.54. The Morgan fingerprint density at radius 2 is 1.96 bits per heavy atom. The molecule has 0 saturated carbocycles. The molecular weight excluding hydrogens is 340 g/mol. The smallest absolute Gasteiger partial charge is 0.267 e. The summed E-state index contributed by atoms with van der Waals surface area (Å²) in [5.74, 6) is -0.289. The third kappa shape index (κ3) is 3.29. The number of pyridine rings is 1. The highest BCUT2D eigenvalue weighted by Gasteiger charge is 2.21. The van der Waals surface area contributed by atoms with Gasteiger partial charge in [0.05, 0.1) is 31.7 Å². The van der Waals surface area contributed by atoms with E-state index in [1.165, 1.54) is 28.7 Å². The van der Waals surface area contributed by atoms with Crippen molar-refractivity contribution in [3.63, 3.8) is 0 Å². The summed E-state index contributed by atoms with van der Waals surface area (Å²) in [5, 5.41) is 15.5. The number of carbonyl (C=O) groups is 1. The SMILES string of the molecule is Cc1nn(C(=O)c2cccnc2)c(C)c1Sc1ccccc1[N+](=O)[O-]. The van der Waals surface area contributed by atoms with E-state index in [0.717, 1.165) is 4.90 Å². The third-order valence-electron chi connectivity index (χ3n) is 3.60. The summed E-state index contributed by atoms with van der Waals surface area (Å²) >= 11 is 1.24. The van der Waals surface area contributed by atoms with Gasteiger partial charge in [-0.2, -0.15) is 9.78 Å². The molecule has 0 N–H and O–H groups in total. The van der Waals surface area contributed by atoms with Crippen LogP contribution in [0.2, 0.25) is 0 Å². The molecule has 2 aromatic heterocycles. The molecule has 1 aromatic carbocycles. The average Bonchev–Trinajstić information content (AvgIpc) is 2.90. The minimum Gasteiger partial charge on any atom is -0.267 e. The van der Waals surface area contributed by atoms with Crippen LogP contribution in [-0.2, 0) is 0 Å². The van der Waals surface area contributed by atoms with Gasteiger partial charge < -0.3 is 0 Å². The van der Waals surface area contributed by atoms with E-state index in [0.29, 0.717) is 21.8 Å². The fourth-order valence-corrected chi connectivity index (χ4v) is 3.43. The molecule has 8 heteroatoms. The van der Waals surface area contributed by atoms with E-state index in [2.05, 4.69) is 10.1 Å². The number of benzene rings is 1. The van der Waals surface area contributed by atoms with E-state index in [1.807, 2.05) is 0 Å². The number of nitro benzene ring substituents is 1. The van der Waals surface area contributed by atoms with E-state index < -0.39 is 4.92 Å². The Hall–Kier alpha value is -3.00. The van der Waals surface area contributed by atoms with Crippen molar-refractivity contribution in [3.05, 3.63) is 75.9 Å². The van der Waals surface area contributed by atoms with Crippen molar-refractivity contribution < 1.29 is 9.72 Å².